The van der Waals surface area contributed by atoms with E-state index in [0.717, 1.165) is 18.7 Å². The van der Waals surface area contributed by atoms with Crippen molar-refractivity contribution in [2.45, 2.75) is 58.7 Å². The first-order valence-corrected chi connectivity index (χ1v) is 6.49. The third-order valence-electron chi connectivity index (χ3n) is 3.70. The standard InChI is InChI=1S/C13H23N3O/c1-9-10(2)15-16(11(9)3)7-6-13(8-17)14-12-4-5-12/h12-14,17H,4-8H2,1-3H3. The molecule has 2 rings (SSSR count). The molecule has 1 aliphatic carbocycles. The topological polar surface area (TPSA) is 50.1 Å². The minimum Gasteiger partial charge on any atom is -0.395 e. The molecule has 0 bridgehead atoms. The Morgan fingerprint density at radius 3 is 2.59 bits per heavy atom. The number of rotatable bonds is 6. The summed E-state index contributed by atoms with van der Waals surface area (Å²) in [6.45, 7) is 7.36. The Bertz CT molecular complexity index is 382. The Hall–Kier alpha value is -0.870. The van der Waals surface area contributed by atoms with Crippen LogP contribution in [0.2, 0.25) is 0 Å². The lowest BCUT2D eigenvalue weighted by Crippen LogP contribution is -2.35. The molecule has 1 atom stereocenters. The van der Waals surface area contributed by atoms with Gasteiger partial charge in [-0.05, 0) is 45.6 Å². The second-order valence-corrected chi connectivity index (χ2v) is 5.13. The van der Waals surface area contributed by atoms with Crippen molar-refractivity contribution in [2.24, 2.45) is 0 Å². The van der Waals surface area contributed by atoms with E-state index < -0.39 is 0 Å². The van der Waals surface area contributed by atoms with E-state index in [4.69, 9.17) is 0 Å². The molecule has 1 heterocycles. The summed E-state index contributed by atoms with van der Waals surface area (Å²) in [6, 6.07) is 0.862. The van der Waals surface area contributed by atoms with Crippen LogP contribution in [0.15, 0.2) is 0 Å². The summed E-state index contributed by atoms with van der Waals surface area (Å²) in [6.07, 6.45) is 3.46. The van der Waals surface area contributed by atoms with E-state index in [1.807, 2.05) is 6.92 Å². The molecular weight excluding hydrogens is 214 g/mol. The van der Waals surface area contributed by atoms with E-state index in [2.05, 4.69) is 28.9 Å². The van der Waals surface area contributed by atoms with E-state index in [1.165, 1.54) is 24.1 Å². The molecule has 17 heavy (non-hydrogen) atoms. The maximum Gasteiger partial charge on any atom is 0.0625 e. The van der Waals surface area contributed by atoms with Crippen molar-refractivity contribution in [1.29, 1.82) is 0 Å². The number of nitrogens with zero attached hydrogens (tertiary/aromatic N) is 2. The van der Waals surface area contributed by atoms with Crippen molar-refractivity contribution in [2.75, 3.05) is 6.61 Å². The number of aliphatic hydroxyl groups excluding tert-OH is 1. The lowest BCUT2D eigenvalue weighted by atomic mass is 10.2. The highest BCUT2D eigenvalue weighted by molar-refractivity contribution is 5.22. The third-order valence-corrected chi connectivity index (χ3v) is 3.70. The number of nitrogens with one attached hydrogen (secondary N) is 1. The number of aromatic nitrogens is 2. The van der Waals surface area contributed by atoms with Crippen LogP contribution in [0.25, 0.3) is 0 Å². The van der Waals surface area contributed by atoms with Crippen LogP contribution < -0.4 is 5.32 Å². The van der Waals surface area contributed by atoms with E-state index in [9.17, 15) is 5.11 Å². The summed E-state index contributed by atoms with van der Waals surface area (Å²) in [4.78, 5) is 0. The second kappa shape index (κ2) is 5.19. The molecule has 0 saturated heterocycles. The minimum absolute atomic E-state index is 0.215. The van der Waals surface area contributed by atoms with Gasteiger partial charge in [-0.15, -0.1) is 0 Å². The summed E-state index contributed by atoms with van der Waals surface area (Å²) in [5.74, 6) is 0. The first kappa shape index (κ1) is 12.6. The zero-order valence-electron chi connectivity index (χ0n) is 11.0. The number of hydrogen-bond donors (Lipinski definition) is 2. The predicted molar refractivity (Wildman–Crippen MR) is 68.1 cm³/mol. The molecule has 0 spiro atoms. The predicted octanol–water partition coefficient (Wildman–Crippen LogP) is 1.31. The molecule has 1 aromatic heterocycles. The molecule has 1 aromatic rings. The molecule has 0 aromatic carbocycles. The highest BCUT2D eigenvalue weighted by Crippen LogP contribution is 2.20. The molecule has 1 aliphatic rings. The summed E-state index contributed by atoms with van der Waals surface area (Å²) in [5.41, 5.74) is 3.63. The van der Waals surface area contributed by atoms with Gasteiger partial charge in [0.2, 0.25) is 0 Å². The van der Waals surface area contributed by atoms with Gasteiger partial charge in [-0.1, -0.05) is 0 Å². The molecule has 4 nitrogen and oxygen atoms in total. The zero-order valence-corrected chi connectivity index (χ0v) is 11.0. The molecule has 0 radical (unpaired) electrons. The molecule has 0 aliphatic heterocycles. The van der Waals surface area contributed by atoms with Gasteiger partial charge in [-0.25, -0.2) is 0 Å². The van der Waals surface area contributed by atoms with Crippen molar-refractivity contribution < 1.29 is 5.11 Å². The largest absolute Gasteiger partial charge is 0.395 e. The fourth-order valence-corrected chi connectivity index (χ4v) is 2.09. The van der Waals surface area contributed by atoms with Crippen LogP contribution in [0.3, 0.4) is 0 Å². The molecule has 96 valence electrons. The fourth-order valence-electron chi connectivity index (χ4n) is 2.09. The molecule has 1 saturated carbocycles. The van der Waals surface area contributed by atoms with Gasteiger partial charge in [0.15, 0.2) is 0 Å². The highest BCUT2D eigenvalue weighted by Gasteiger charge is 2.24. The van der Waals surface area contributed by atoms with Crippen LogP contribution in [0, 0.1) is 20.8 Å². The Labute approximate surface area is 103 Å². The van der Waals surface area contributed by atoms with Crippen molar-refractivity contribution in [3.05, 3.63) is 17.0 Å². The smallest absolute Gasteiger partial charge is 0.0625 e. The molecule has 1 fully saturated rings. The first-order chi connectivity index (χ1) is 8.11. The van der Waals surface area contributed by atoms with Crippen molar-refractivity contribution in [3.8, 4) is 0 Å². The molecule has 4 heteroatoms. The fraction of sp³-hybridized carbons (Fsp3) is 0.769. The maximum absolute atomic E-state index is 9.32. The van der Waals surface area contributed by atoms with Gasteiger partial charge in [0.05, 0.1) is 12.3 Å². The third kappa shape index (κ3) is 3.07. The van der Waals surface area contributed by atoms with Crippen LogP contribution in [0.1, 0.15) is 36.2 Å². The van der Waals surface area contributed by atoms with Crippen molar-refractivity contribution in [3.63, 3.8) is 0 Å². The van der Waals surface area contributed by atoms with E-state index in [0.29, 0.717) is 6.04 Å². The SMILES string of the molecule is Cc1nn(CCC(CO)NC2CC2)c(C)c1C. The Kier molecular flexibility index (Phi) is 3.84. The molecular formula is C13H23N3O. The molecule has 2 N–H and O–H groups in total. The molecule has 1 unspecified atom stereocenters. The first-order valence-electron chi connectivity index (χ1n) is 6.49. The van der Waals surface area contributed by atoms with Crippen molar-refractivity contribution in [1.82, 2.24) is 15.1 Å². The van der Waals surface area contributed by atoms with Gasteiger partial charge in [0.25, 0.3) is 0 Å². The Balaban J connectivity index is 1.88. The van der Waals surface area contributed by atoms with Crippen LogP contribution in [0.5, 0.6) is 0 Å². The van der Waals surface area contributed by atoms with Gasteiger partial charge in [0, 0.05) is 24.3 Å². The van der Waals surface area contributed by atoms with Crippen LogP contribution >= 0.6 is 0 Å². The van der Waals surface area contributed by atoms with Gasteiger partial charge in [-0.3, -0.25) is 4.68 Å². The van der Waals surface area contributed by atoms with E-state index >= 15 is 0 Å². The van der Waals surface area contributed by atoms with E-state index in [1.54, 1.807) is 0 Å². The van der Waals surface area contributed by atoms with Crippen molar-refractivity contribution >= 4 is 0 Å². The van der Waals surface area contributed by atoms with Gasteiger partial charge < -0.3 is 10.4 Å². The van der Waals surface area contributed by atoms with Crippen LogP contribution in [-0.4, -0.2) is 33.6 Å². The second-order valence-electron chi connectivity index (χ2n) is 5.13. The Morgan fingerprint density at radius 2 is 2.12 bits per heavy atom. The lowest BCUT2D eigenvalue weighted by molar-refractivity contribution is 0.228. The quantitative estimate of drug-likeness (QED) is 0.784. The number of aliphatic hydroxyl groups is 1. The lowest BCUT2D eigenvalue weighted by Gasteiger charge is -2.16. The monoisotopic (exact) mass is 237 g/mol. The highest BCUT2D eigenvalue weighted by atomic mass is 16.3. The summed E-state index contributed by atoms with van der Waals surface area (Å²) < 4.78 is 2.06. The normalized spacial score (nSPS) is 17.4. The molecule has 0 amide bonds. The van der Waals surface area contributed by atoms with Gasteiger partial charge >= 0.3 is 0 Å². The number of hydrogen-bond acceptors (Lipinski definition) is 3. The van der Waals surface area contributed by atoms with Crippen LogP contribution in [-0.2, 0) is 6.54 Å². The number of aryl methyl sites for hydroxylation is 2. The van der Waals surface area contributed by atoms with Gasteiger partial charge in [-0.2, -0.15) is 5.10 Å². The summed E-state index contributed by atoms with van der Waals surface area (Å²) in [7, 11) is 0. The van der Waals surface area contributed by atoms with E-state index in [-0.39, 0.29) is 12.6 Å². The zero-order chi connectivity index (χ0) is 12.4. The Morgan fingerprint density at radius 1 is 1.41 bits per heavy atom. The maximum atomic E-state index is 9.32. The van der Waals surface area contributed by atoms with Gasteiger partial charge in [0.1, 0.15) is 0 Å². The minimum atomic E-state index is 0.215. The average molecular weight is 237 g/mol. The summed E-state index contributed by atoms with van der Waals surface area (Å²) in [5, 5.41) is 17.3. The summed E-state index contributed by atoms with van der Waals surface area (Å²) >= 11 is 0. The average Bonchev–Trinajstić information content (AvgIpc) is 3.10. The van der Waals surface area contributed by atoms with Crippen LogP contribution in [0.4, 0.5) is 0 Å².